The number of nitro benzene ring substituents is 2. The number of ether oxygens (including phenoxy) is 9. The molecule has 0 aliphatic carbocycles. The quantitative estimate of drug-likeness (QED) is 0.0545. The van der Waals surface area contributed by atoms with E-state index in [0.29, 0.717) is 99.1 Å². The van der Waals surface area contributed by atoms with Crippen molar-refractivity contribution in [1.29, 1.82) is 0 Å². The first kappa shape index (κ1) is 41.0. The molecule has 0 fully saturated rings. The molecule has 17 heteroatoms. The van der Waals surface area contributed by atoms with E-state index in [2.05, 4.69) is 5.32 Å². The van der Waals surface area contributed by atoms with Crippen molar-refractivity contribution in [3.8, 4) is 0 Å². The Hall–Kier alpha value is -3.03. The van der Waals surface area contributed by atoms with Crippen LogP contribution in [0.15, 0.2) is 18.2 Å². The van der Waals surface area contributed by atoms with Crippen LogP contribution in [0, 0.1) is 20.2 Å². The molecule has 264 valence electrons. The van der Waals surface area contributed by atoms with Gasteiger partial charge < -0.3 is 47.9 Å². The number of nitrogens with one attached hydrogen (secondary N) is 1. The summed E-state index contributed by atoms with van der Waals surface area (Å²) in [5.74, 6) is -0.281. The van der Waals surface area contributed by atoms with Crippen molar-refractivity contribution in [1.82, 2.24) is 0 Å². The van der Waals surface area contributed by atoms with E-state index >= 15 is 0 Å². The lowest BCUT2D eigenvalue weighted by molar-refractivity contribution is -0.393. The minimum atomic E-state index is -0.684. The van der Waals surface area contributed by atoms with Crippen molar-refractivity contribution < 1.29 is 57.3 Å². The number of esters is 1. The second-order valence-corrected chi connectivity index (χ2v) is 10.4. The van der Waals surface area contributed by atoms with Gasteiger partial charge >= 0.3 is 5.97 Å². The van der Waals surface area contributed by atoms with Crippen molar-refractivity contribution in [2.45, 2.75) is 32.8 Å². The number of carbonyl (C=O) groups is 1. The molecule has 0 aliphatic rings. The minimum Gasteiger partial charge on any atom is -0.460 e. The van der Waals surface area contributed by atoms with Crippen molar-refractivity contribution in [2.24, 2.45) is 0 Å². The molecule has 0 unspecified atom stereocenters. The summed E-state index contributed by atoms with van der Waals surface area (Å²) in [6, 6.07) is 3.42. The normalized spacial score (nSPS) is 11.5. The highest BCUT2D eigenvalue weighted by Crippen LogP contribution is 2.28. The van der Waals surface area contributed by atoms with Gasteiger partial charge in [-0.1, -0.05) is 0 Å². The molecule has 0 heterocycles. The zero-order chi connectivity index (χ0) is 33.9. The smallest absolute Gasteiger partial charge is 0.308 e. The molecule has 0 aliphatic heterocycles. The lowest BCUT2D eigenvalue weighted by Crippen LogP contribution is -2.24. The molecule has 1 N–H and O–H groups in total. The Morgan fingerprint density at radius 2 is 1.02 bits per heavy atom. The zero-order valence-corrected chi connectivity index (χ0v) is 27.1. The van der Waals surface area contributed by atoms with Crippen LogP contribution < -0.4 is 5.32 Å². The fourth-order valence-corrected chi connectivity index (χ4v) is 3.38. The number of rotatable bonds is 30. The molecule has 0 saturated carbocycles. The van der Waals surface area contributed by atoms with Gasteiger partial charge in [0.1, 0.15) is 11.3 Å². The van der Waals surface area contributed by atoms with Crippen molar-refractivity contribution in [3.63, 3.8) is 0 Å². The first-order valence-corrected chi connectivity index (χ1v) is 15.1. The van der Waals surface area contributed by atoms with Gasteiger partial charge in [0.15, 0.2) is 0 Å². The summed E-state index contributed by atoms with van der Waals surface area (Å²) in [5.41, 5.74) is -1.02. The van der Waals surface area contributed by atoms with Crippen LogP contribution in [0.5, 0.6) is 0 Å². The summed E-state index contributed by atoms with van der Waals surface area (Å²) in [6.07, 6.45) is 0.215. The van der Waals surface area contributed by atoms with E-state index in [-0.39, 0.29) is 42.6 Å². The maximum Gasteiger partial charge on any atom is 0.308 e. The largest absolute Gasteiger partial charge is 0.460 e. The zero-order valence-electron chi connectivity index (χ0n) is 27.1. The van der Waals surface area contributed by atoms with Crippen LogP contribution in [-0.2, 0) is 47.4 Å². The number of benzene rings is 1. The summed E-state index contributed by atoms with van der Waals surface area (Å²) in [5, 5.41) is 24.8. The molecule has 0 saturated heterocycles. The number of hydrogen-bond acceptors (Lipinski definition) is 15. The van der Waals surface area contributed by atoms with E-state index in [1.54, 1.807) is 0 Å². The first-order valence-electron chi connectivity index (χ1n) is 15.1. The Labute approximate surface area is 269 Å². The molecule has 0 spiro atoms. The highest BCUT2D eigenvalue weighted by atomic mass is 16.6. The van der Waals surface area contributed by atoms with E-state index in [9.17, 15) is 25.0 Å². The van der Waals surface area contributed by atoms with Crippen LogP contribution in [0.2, 0.25) is 0 Å². The Bertz CT molecular complexity index is 977. The van der Waals surface area contributed by atoms with E-state index in [1.807, 2.05) is 20.8 Å². The van der Waals surface area contributed by atoms with Gasteiger partial charge in [-0.2, -0.15) is 0 Å². The van der Waals surface area contributed by atoms with Crippen molar-refractivity contribution in [3.05, 3.63) is 38.4 Å². The number of hydrogen-bond donors (Lipinski definition) is 1. The summed E-state index contributed by atoms with van der Waals surface area (Å²) in [7, 11) is 0. The van der Waals surface area contributed by atoms with Gasteiger partial charge in [-0.3, -0.25) is 25.0 Å². The highest BCUT2D eigenvalue weighted by Gasteiger charge is 2.19. The second kappa shape index (κ2) is 26.1. The number of non-ortho nitro benzene ring substituents is 1. The fourth-order valence-electron chi connectivity index (χ4n) is 3.38. The number of nitro groups is 2. The lowest BCUT2D eigenvalue weighted by Gasteiger charge is -2.19. The third-order valence-electron chi connectivity index (χ3n) is 5.43. The average molecular weight is 664 g/mol. The summed E-state index contributed by atoms with van der Waals surface area (Å²) >= 11 is 0. The van der Waals surface area contributed by atoms with E-state index < -0.39 is 15.4 Å². The molecule has 0 aromatic heterocycles. The molecule has 1 aromatic rings. The minimum absolute atomic E-state index is 0.182. The molecule has 0 radical (unpaired) electrons. The van der Waals surface area contributed by atoms with Gasteiger partial charge in [-0.05, 0) is 26.8 Å². The molecule has 0 bridgehead atoms. The number of anilines is 1. The highest BCUT2D eigenvalue weighted by molar-refractivity contribution is 5.69. The maximum atomic E-state index is 11.6. The van der Waals surface area contributed by atoms with Gasteiger partial charge in [0.05, 0.1) is 128 Å². The van der Waals surface area contributed by atoms with Crippen molar-refractivity contribution >= 4 is 23.0 Å². The van der Waals surface area contributed by atoms with Crippen LogP contribution in [0.3, 0.4) is 0 Å². The topological polar surface area (TPSA) is 198 Å². The summed E-state index contributed by atoms with van der Waals surface area (Å²) < 4.78 is 48.5. The number of carbonyl (C=O) groups excluding carboxylic acids is 1. The van der Waals surface area contributed by atoms with E-state index in [4.69, 9.17) is 42.6 Å². The van der Waals surface area contributed by atoms with Gasteiger partial charge in [0.25, 0.3) is 11.4 Å². The van der Waals surface area contributed by atoms with Gasteiger partial charge in [-0.15, -0.1) is 0 Å². The lowest BCUT2D eigenvalue weighted by atomic mass is 10.2. The summed E-state index contributed by atoms with van der Waals surface area (Å²) in [6.45, 7) is 12.2. The SMILES string of the molecule is CC(C)(C)OC(=O)CCOCCOCCOCCOCCOCCOCCOCCOCCNc1ccc([N+](=O)[O-])cc1[N+](=O)[O-]. The van der Waals surface area contributed by atoms with Crippen LogP contribution >= 0.6 is 0 Å². The third kappa shape index (κ3) is 23.3. The maximum absolute atomic E-state index is 11.6. The van der Waals surface area contributed by atoms with Gasteiger partial charge in [0, 0.05) is 12.6 Å². The fraction of sp³-hybridized carbons (Fsp3) is 0.759. The van der Waals surface area contributed by atoms with Crippen LogP contribution in [-0.4, -0.2) is 134 Å². The second-order valence-electron chi connectivity index (χ2n) is 10.4. The number of nitrogens with zero attached hydrogens (tertiary/aromatic N) is 2. The average Bonchev–Trinajstić information content (AvgIpc) is 2.99. The third-order valence-corrected chi connectivity index (χ3v) is 5.43. The van der Waals surface area contributed by atoms with E-state index in [1.165, 1.54) is 12.1 Å². The molecule has 46 heavy (non-hydrogen) atoms. The van der Waals surface area contributed by atoms with Gasteiger partial charge in [-0.25, -0.2) is 0 Å². The van der Waals surface area contributed by atoms with Crippen LogP contribution in [0.1, 0.15) is 27.2 Å². The molecule has 0 amide bonds. The van der Waals surface area contributed by atoms with Crippen LogP contribution in [0.25, 0.3) is 0 Å². The Kier molecular flexibility index (Phi) is 23.2. The molecular formula is C29H49N3O14. The first-order chi connectivity index (χ1) is 22.1. The molecule has 17 nitrogen and oxygen atoms in total. The van der Waals surface area contributed by atoms with Crippen molar-refractivity contribution in [2.75, 3.05) is 118 Å². The Balaban J connectivity index is 1.78. The van der Waals surface area contributed by atoms with Crippen LogP contribution in [0.4, 0.5) is 17.1 Å². The molecular weight excluding hydrogens is 614 g/mol. The Morgan fingerprint density at radius 3 is 1.39 bits per heavy atom. The predicted octanol–water partition coefficient (Wildman–Crippen LogP) is 2.78. The summed E-state index contributed by atoms with van der Waals surface area (Å²) in [4.78, 5) is 32.1. The standard InChI is InChI=1S/C29H49N3O14/c1-29(2,3)46-28(33)6-8-38-10-12-40-14-16-42-18-20-44-22-23-45-21-19-43-17-15-41-13-11-39-9-7-30-26-5-4-25(31(34)35)24-27(26)32(36)37/h4-5,24,30H,6-23H2,1-3H3. The van der Waals surface area contributed by atoms with E-state index in [0.717, 1.165) is 6.07 Å². The molecule has 1 aromatic carbocycles. The Morgan fingerprint density at radius 1 is 0.630 bits per heavy atom. The monoisotopic (exact) mass is 663 g/mol. The molecule has 0 atom stereocenters. The predicted molar refractivity (Wildman–Crippen MR) is 165 cm³/mol. The molecule has 1 rings (SSSR count). The van der Waals surface area contributed by atoms with Gasteiger partial charge in [0.2, 0.25) is 0 Å².